The van der Waals surface area contributed by atoms with Gasteiger partial charge in [0.05, 0.1) is 23.9 Å². The average Bonchev–Trinajstić information content (AvgIpc) is 3.14. The number of anilines is 2. The number of piperazine rings is 1. The smallest absolute Gasteiger partial charge is 0.248 e. The second-order valence-electron chi connectivity index (χ2n) is 6.73. The number of nitrogens with zero attached hydrogens (tertiary/aromatic N) is 1. The Morgan fingerprint density at radius 2 is 2.14 bits per heavy atom. The maximum absolute atomic E-state index is 12.2. The number of halogens is 1. The Labute approximate surface area is 168 Å². The molecule has 2 aliphatic rings. The average molecular weight is 398 g/mol. The number of hydrogen-bond donors (Lipinski definition) is 2. The molecule has 0 atom stereocenters. The zero-order chi connectivity index (χ0) is 19.5. The van der Waals surface area contributed by atoms with Crippen molar-refractivity contribution in [3.8, 4) is 5.75 Å². The summed E-state index contributed by atoms with van der Waals surface area (Å²) < 4.78 is 5.49. The van der Waals surface area contributed by atoms with E-state index in [1.54, 1.807) is 18.2 Å². The second kappa shape index (κ2) is 7.94. The van der Waals surface area contributed by atoms with Gasteiger partial charge in [-0.15, -0.1) is 0 Å². The van der Waals surface area contributed by atoms with Crippen LogP contribution in [0.25, 0.3) is 6.08 Å². The molecule has 2 heterocycles. The van der Waals surface area contributed by atoms with Gasteiger partial charge in [-0.1, -0.05) is 17.7 Å². The molecule has 144 valence electrons. The van der Waals surface area contributed by atoms with Crippen molar-refractivity contribution >= 4 is 40.9 Å². The lowest BCUT2D eigenvalue weighted by Gasteiger charge is -2.29. The van der Waals surface area contributed by atoms with E-state index in [0.29, 0.717) is 30.4 Å². The Morgan fingerprint density at radius 1 is 1.25 bits per heavy atom. The molecule has 0 aromatic heterocycles. The fourth-order valence-electron chi connectivity index (χ4n) is 3.35. The normalized spacial score (nSPS) is 15.9. The van der Waals surface area contributed by atoms with Gasteiger partial charge < -0.3 is 20.3 Å². The van der Waals surface area contributed by atoms with Crippen molar-refractivity contribution in [2.24, 2.45) is 0 Å². The maximum Gasteiger partial charge on any atom is 0.248 e. The summed E-state index contributed by atoms with van der Waals surface area (Å²) in [6, 6.07) is 11.2. The summed E-state index contributed by atoms with van der Waals surface area (Å²) >= 11 is 6.37. The molecule has 0 unspecified atom stereocenters. The second-order valence-corrected chi connectivity index (χ2v) is 7.13. The summed E-state index contributed by atoms with van der Waals surface area (Å²) in [6.45, 7) is 2.28. The van der Waals surface area contributed by atoms with Gasteiger partial charge in [-0.2, -0.15) is 0 Å². The maximum atomic E-state index is 12.2. The van der Waals surface area contributed by atoms with Crippen LogP contribution in [0.15, 0.2) is 42.5 Å². The van der Waals surface area contributed by atoms with Crippen molar-refractivity contribution < 1.29 is 14.3 Å². The van der Waals surface area contributed by atoms with Gasteiger partial charge in [-0.05, 0) is 47.5 Å². The van der Waals surface area contributed by atoms with Crippen LogP contribution in [0.4, 0.5) is 11.4 Å². The molecule has 2 N–H and O–H groups in total. The third kappa shape index (κ3) is 4.12. The predicted octanol–water partition coefficient (Wildman–Crippen LogP) is 2.86. The van der Waals surface area contributed by atoms with Crippen LogP contribution in [-0.2, 0) is 16.0 Å². The quantitative estimate of drug-likeness (QED) is 0.778. The molecule has 2 aliphatic heterocycles. The minimum atomic E-state index is -0.238. The first-order chi connectivity index (χ1) is 13.6. The molecule has 0 saturated carbocycles. The van der Waals surface area contributed by atoms with E-state index in [1.165, 1.54) is 6.08 Å². The van der Waals surface area contributed by atoms with E-state index in [2.05, 4.69) is 10.6 Å². The van der Waals surface area contributed by atoms with Gasteiger partial charge in [-0.25, -0.2) is 0 Å². The number of carbonyl (C=O) groups is 2. The highest BCUT2D eigenvalue weighted by Crippen LogP contribution is 2.29. The molecule has 0 aliphatic carbocycles. The fraction of sp³-hybridized carbons (Fsp3) is 0.238. The van der Waals surface area contributed by atoms with Crippen LogP contribution in [0, 0.1) is 0 Å². The number of carbonyl (C=O) groups excluding carboxylic acids is 2. The molecular formula is C21H20ClN3O3. The van der Waals surface area contributed by atoms with E-state index >= 15 is 0 Å². The van der Waals surface area contributed by atoms with Crippen LogP contribution in [0.5, 0.6) is 5.75 Å². The molecule has 6 nitrogen and oxygen atoms in total. The van der Waals surface area contributed by atoms with Gasteiger partial charge in [0, 0.05) is 31.3 Å². The third-order valence-electron chi connectivity index (χ3n) is 4.73. The van der Waals surface area contributed by atoms with Crippen molar-refractivity contribution in [2.45, 2.75) is 6.42 Å². The number of nitrogens with one attached hydrogen (secondary N) is 2. The molecule has 2 amide bonds. The number of ether oxygens (including phenoxy) is 1. The lowest BCUT2D eigenvalue weighted by molar-refractivity contribution is -0.120. The topological polar surface area (TPSA) is 70.7 Å². The Morgan fingerprint density at radius 3 is 2.96 bits per heavy atom. The Hall–Kier alpha value is -2.99. The van der Waals surface area contributed by atoms with Crippen molar-refractivity contribution in [3.63, 3.8) is 0 Å². The molecule has 1 fully saturated rings. The predicted molar refractivity (Wildman–Crippen MR) is 110 cm³/mol. The minimum absolute atomic E-state index is 0.0250. The molecule has 2 aromatic rings. The SMILES string of the molecule is O=C(C=Cc1ccc2c(c1)CCO2)Nc1ccc(N2CCNC(=O)C2)c(Cl)c1. The van der Waals surface area contributed by atoms with Crippen LogP contribution in [0.3, 0.4) is 0 Å². The van der Waals surface area contributed by atoms with E-state index in [0.717, 1.165) is 29.0 Å². The van der Waals surface area contributed by atoms with Crippen LogP contribution < -0.4 is 20.3 Å². The number of rotatable bonds is 4. The molecule has 4 rings (SSSR count). The Bertz CT molecular complexity index is 958. The van der Waals surface area contributed by atoms with Gasteiger partial charge in [0.25, 0.3) is 0 Å². The molecule has 0 radical (unpaired) electrons. The molecule has 2 aromatic carbocycles. The third-order valence-corrected chi connectivity index (χ3v) is 5.04. The highest BCUT2D eigenvalue weighted by molar-refractivity contribution is 6.33. The largest absolute Gasteiger partial charge is 0.493 e. The lowest BCUT2D eigenvalue weighted by Crippen LogP contribution is -2.47. The lowest BCUT2D eigenvalue weighted by atomic mass is 10.1. The highest BCUT2D eigenvalue weighted by atomic mass is 35.5. The van der Waals surface area contributed by atoms with E-state index < -0.39 is 0 Å². The van der Waals surface area contributed by atoms with Crippen LogP contribution >= 0.6 is 11.6 Å². The van der Waals surface area contributed by atoms with E-state index in [9.17, 15) is 9.59 Å². The zero-order valence-electron chi connectivity index (χ0n) is 15.2. The monoisotopic (exact) mass is 397 g/mol. The minimum Gasteiger partial charge on any atom is -0.493 e. The standard InChI is InChI=1S/C21H20ClN3O3/c22-17-12-16(3-4-18(17)25-9-8-23-21(27)13-25)24-20(26)6-2-14-1-5-19-15(11-14)7-10-28-19/h1-6,11-12H,7-10,13H2,(H,23,27)(H,24,26). The van der Waals surface area contributed by atoms with Crippen LogP contribution in [0.1, 0.15) is 11.1 Å². The first kappa shape index (κ1) is 18.4. The van der Waals surface area contributed by atoms with Gasteiger partial charge in [0.2, 0.25) is 11.8 Å². The molecule has 0 bridgehead atoms. The zero-order valence-corrected chi connectivity index (χ0v) is 16.0. The Balaban J connectivity index is 1.40. The first-order valence-electron chi connectivity index (χ1n) is 9.14. The fourth-order valence-corrected chi connectivity index (χ4v) is 3.65. The van der Waals surface area contributed by atoms with E-state index in [-0.39, 0.29) is 18.4 Å². The van der Waals surface area contributed by atoms with Crippen LogP contribution in [0.2, 0.25) is 5.02 Å². The van der Waals surface area contributed by atoms with Crippen molar-refractivity contribution in [2.75, 3.05) is 36.5 Å². The van der Waals surface area contributed by atoms with Gasteiger partial charge >= 0.3 is 0 Å². The summed E-state index contributed by atoms with van der Waals surface area (Å²) in [7, 11) is 0. The van der Waals surface area contributed by atoms with Crippen LogP contribution in [-0.4, -0.2) is 38.1 Å². The highest BCUT2D eigenvalue weighted by Gasteiger charge is 2.18. The molecular weight excluding hydrogens is 378 g/mol. The van der Waals surface area contributed by atoms with Gasteiger partial charge in [0.1, 0.15) is 5.75 Å². The Kier molecular flexibility index (Phi) is 5.21. The van der Waals surface area contributed by atoms with Crippen molar-refractivity contribution in [3.05, 3.63) is 58.6 Å². The van der Waals surface area contributed by atoms with Gasteiger partial charge in [-0.3, -0.25) is 9.59 Å². The molecule has 0 spiro atoms. The summed E-state index contributed by atoms with van der Waals surface area (Å²) in [4.78, 5) is 25.7. The number of hydrogen-bond acceptors (Lipinski definition) is 4. The van der Waals surface area contributed by atoms with Gasteiger partial charge in [0.15, 0.2) is 0 Å². The number of amides is 2. The van der Waals surface area contributed by atoms with E-state index in [4.69, 9.17) is 16.3 Å². The summed E-state index contributed by atoms with van der Waals surface area (Å²) in [6.07, 6.45) is 4.16. The van der Waals surface area contributed by atoms with Crippen molar-refractivity contribution in [1.29, 1.82) is 0 Å². The summed E-state index contributed by atoms with van der Waals surface area (Å²) in [5, 5.41) is 6.09. The summed E-state index contributed by atoms with van der Waals surface area (Å²) in [5.41, 5.74) is 3.50. The molecule has 28 heavy (non-hydrogen) atoms. The first-order valence-corrected chi connectivity index (χ1v) is 9.52. The van der Waals surface area contributed by atoms with E-state index in [1.807, 2.05) is 29.2 Å². The molecule has 1 saturated heterocycles. The molecule has 7 heteroatoms. The van der Waals surface area contributed by atoms with Crippen molar-refractivity contribution in [1.82, 2.24) is 5.32 Å². The number of fused-ring (bicyclic) bond motifs is 1. The number of benzene rings is 2. The summed E-state index contributed by atoms with van der Waals surface area (Å²) in [5.74, 6) is 0.656.